The number of piperazine rings is 1. The first-order valence-corrected chi connectivity index (χ1v) is 11.9. The SMILES string of the molecule is CCN(c1ccc(NC(C)=O)c(Cl)c1)c1nc(Nc2ccc(N3CCN(C)CC3)cc2)ncc1F. The van der Waals surface area contributed by atoms with Crippen LogP contribution >= 0.6 is 11.6 Å². The van der Waals surface area contributed by atoms with Crippen molar-refractivity contribution >= 4 is 52.0 Å². The molecular formula is C25H29ClFN7O. The van der Waals surface area contributed by atoms with E-state index in [9.17, 15) is 9.18 Å². The lowest BCUT2D eigenvalue weighted by Gasteiger charge is -2.34. The highest BCUT2D eigenvalue weighted by atomic mass is 35.5. The number of likely N-dealkylation sites (N-methyl/N-ethyl adjacent to an activating group) is 1. The molecule has 0 unspecified atom stereocenters. The predicted octanol–water partition coefficient (Wildman–Crippen LogP) is 4.88. The molecule has 10 heteroatoms. The topological polar surface area (TPSA) is 76.6 Å². The Morgan fingerprint density at radius 3 is 2.49 bits per heavy atom. The monoisotopic (exact) mass is 497 g/mol. The van der Waals surface area contributed by atoms with Crippen LogP contribution in [0.4, 0.5) is 38.9 Å². The van der Waals surface area contributed by atoms with E-state index in [1.807, 2.05) is 19.1 Å². The fourth-order valence-electron chi connectivity index (χ4n) is 3.97. The van der Waals surface area contributed by atoms with Crippen molar-refractivity contribution in [2.45, 2.75) is 13.8 Å². The van der Waals surface area contributed by atoms with Crippen molar-refractivity contribution < 1.29 is 9.18 Å². The molecule has 1 aliphatic heterocycles. The van der Waals surface area contributed by atoms with Gasteiger partial charge in [0.05, 0.1) is 16.9 Å². The zero-order valence-electron chi connectivity index (χ0n) is 20.1. The Morgan fingerprint density at radius 2 is 1.86 bits per heavy atom. The van der Waals surface area contributed by atoms with Crippen molar-refractivity contribution in [3.8, 4) is 0 Å². The van der Waals surface area contributed by atoms with Crippen LogP contribution in [0.3, 0.4) is 0 Å². The first-order valence-electron chi connectivity index (χ1n) is 11.5. The number of carbonyl (C=O) groups is 1. The average Bonchev–Trinajstić information content (AvgIpc) is 2.84. The van der Waals surface area contributed by atoms with Gasteiger partial charge in [-0.3, -0.25) is 4.79 Å². The Morgan fingerprint density at radius 1 is 1.14 bits per heavy atom. The molecule has 1 aliphatic rings. The number of nitrogens with zero attached hydrogens (tertiary/aromatic N) is 5. The lowest BCUT2D eigenvalue weighted by Crippen LogP contribution is -2.44. The van der Waals surface area contributed by atoms with E-state index in [0.29, 0.717) is 22.9 Å². The van der Waals surface area contributed by atoms with Gasteiger partial charge in [-0.15, -0.1) is 0 Å². The lowest BCUT2D eigenvalue weighted by atomic mass is 10.2. The number of amides is 1. The van der Waals surface area contributed by atoms with Crippen molar-refractivity contribution in [2.75, 3.05) is 60.2 Å². The van der Waals surface area contributed by atoms with Crippen molar-refractivity contribution in [3.63, 3.8) is 0 Å². The van der Waals surface area contributed by atoms with Gasteiger partial charge in [-0.2, -0.15) is 4.98 Å². The number of hydrogen-bond donors (Lipinski definition) is 2. The summed E-state index contributed by atoms with van der Waals surface area (Å²) in [5.41, 5.74) is 3.11. The number of rotatable bonds is 7. The van der Waals surface area contributed by atoms with Crippen LogP contribution in [0.1, 0.15) is 13.8 Å². The molecule has 0 atom stereocenters. The highest BCUT2D eigenvalue weighted by Gasteiger charge is 2.18. The maximum absolute atomic E-state index is 14.8. The standard InChI is InChI=1S/C25H29ClFN7O/c1-4-34(20-9-10-23(21(26)15-20)29-17(2)35)24-22(27)16-28-25(31-24)30-18-5-7-19(8-6-18)33-13-11-32(3)12-14-33/h5-10,15-16H,4,11-14H2,1-3H3,(H,29,35)(H,28,30,31). The van der Waals surface area contributed by atoms with Crippen LogP contribution in [0.5, 0.6) is 0 Å². The fraction of sp³-hybridized carbons (Fsp3) is 0.320. The molecule has 0 spiro atoms. The van der Waals surface area contributed by atoms with Gasteiger partial charge in [-0.05, 0) is 56.4 Å². The molecule has 3 aromatic rings. The lowest BCUT2D eigenvalue weighted by molar-refractivity contribution is -0.114. The number of nitrogens with one attached hydrogen (secondary N) is 2. The Bertz CT molecular complexity index is 1180. The minimum Gasteiger partial charge on any atom is -0.369 e. The molecule has 1 fully saturated rings. The van der Waals surface area contributed by atoms with Crippen LogP contribution in [0, 0.1) is 5.82 Å². The van der Waals surface area contributed by atoms with Crippen LogP contribution in [0.15, 0.2) is 48.7 Å². The summed E-state index contributed by atoms with van der Waals surface area (Å²) < 4.78 is 14.8. The molecule has 2 N–H and O–H groups in total. The summed E-state index contributed by atoms with van der Waals surface area (Å²) in [7, 11) is 2.14. The molecule has 1 amide bonds. The molecule has 0 saturated carbocycles. The van der Waals surface area contributed by atoms with E-state index < -0.39 is 5.82 Å². The summed E-state index contributed by atoms with van der Waals surface area (Å²) in [6, 6.07) is 13.2. The predicted molar refractivity (Wildman–Crippen MR) is 140 cm³/mol. The van der Waals surface area contributed by atoms with E-state index in [1.165, 1.54) is 12.6 Å². The molecule has 4 rings (SSSR count). The van der Waals surface area contributed by atoms with Crippen molar-refractivity contribution in [2.24, 2.45) is 0 Å². The fourth-order valence-corrected chi connectivity index (χ4v) is 4.20. The summed E-state index contributed by atoms with van der Waals surface area (Å²) in [6.45, 7) is 7.83. The van der Waals surface area contributed by atoms with E-state index >= 15 is 0 Å². The van der Waals surface area contributed by atoms with Crippen molar-refractivity contribution in [3.05, 3.63) is 59.5 Å². The van der Waals surface area contributed by atoms with Crippen molar-refractivity contribution in [1.82, 2.24) is 14.9 Å². The molecule has 2 heterocycles. The highest BCUT2D eigenvalue weighted by molar-refractivity contribution is 6.34. The molecule has 0 bridgehead atoms. The third-order valence-electron chi connectivity index (χ3n) is 5.86. The molecule has 1 saturated heterocycles. The molecule has 0 aliphatic carbocycles. The normalized spacial score (nSPS) is 14.0. The number of aromatic nitrogens is 2. The van der Waals surface area contributed by atoms with Crippen LogP contribution in [-0.4, -0.2) is 60.5 Å². The second kappa shape index (κ2) is 10.9. The summed E-state index contributed by atoms with van der Waals surface area (Å²) in [5, 5.41) is 6.18. The van der Waals surface area contributed by atoms with Crippen LogP contribution in [0.2, 0.25) is 5.02 Å². The minimum atomic E-state index is -0.551. The second-order valence-corrected chi connectivity index (χ2v) is 8.82. The highest BCUT2D eigenvalue weighted by Crippen LogP contribution is 2.32. The average molecular weight is 498 g/mol. The molecule has 184 valence electrons. The van der Waals surface area contributed by atoms with Crippen LogP contribution < -0.4 is 20.4 Å². The van der Waals surface area contributed by atoms with Gasteiger partial charge in [-0.1, -0.05) is 11.6 Å². The van der Waals surface area contributed by atoms with Crippen molar-refractivity contribution in [1.29, 1.82) is 0 Å². The number of hydrogen-bond acceptors (Lipinski definition) is 7. The quantitative estimate of drug-likeness (QED) is 0.481. The van der Waals surface area contributed by atoms with E-state index in [0.717, 1.165) is 38.1 Å². The maximum atomic E-state index is 14.8. The van der Waals surface area contributed by atoms with E-state index in [1.54, 1.807) is 23.1 Å². The molecule has 35 heavy (non-hydrogen) atoms. The van der Waals surface area contributed by atoms with Crippen LogP contribution in [0.25, 0.3) is 0 Å². The Hall–Kier alpha value is -3.43. The third kappa shape index (κ3) is 5.98. The van der Waals surface area contributed by atoms with Crippen LogP contribution in [-0.2, 0) is 4.79 Å². The summed E-state index contributed by atoms with van der Waals surface area (Å²) in [4.78, 5) is 26.3. The Balaban J connectivity index is 1.52. The van der Waals surface area contributed by atoms with E-state index in [-0.39, 0.29) is 17.7 Å². The second-order valence-electron chi connectivity index (χ2n) is 8.42. The van der Waals surface area contributed by atoms with Gasteiger partial charge in [0, 0.05) is 56.7 Å². The number of anilines is 6. The molecule has 8 nitrogen and oxygen atoms in total. The van der Waals surface area contributed by atoms with Gasteiger partial charge < -0.3 is 25.3 Å². The Labute approximate surface area is 209 Å². The van der Waals surface area contributed by atoms with Gasteiger partial charge >= 0.3 is 0 Å². The summed E-state index contributed by atoms with van der Waals surface area (Å²) >= 11 is 6.33. The zero-order chi connectivity index (χ0) is 24.9. The third-order valence-corrected chi connectivity index (χ3v) is 6.18. The largest absolute Gasteiger partial charge is 0.369 e. The molecular weight excluding hydrogens is 469 g/mol. The first-order chi connectivity index (χ1) is 16.8. The molecule has 0 radical (unpaired) electrons. The molecule has 1 aromatic heterocycles. The van der Waals surface area contributed by atoms with Gasteiger partial charge in [0.15, 0.2) is 11.6 Å². The van der Waals surface area contributed by atoms with Gasteiger partial charge in [0.1, 0.15) is 0 Å². The number of carbonyl (C=O) groups excluding carboxylic acids is 1. The van der Waals surface area contributed by atoms with Gasteiger partial charge in [-0.25, -0.2) is 9.37 Å². The number of benzene rings is 2. The van der Waals surface area contributed by atoms with E-state index in [4.69, 9.17) is 11.6 Å². The van der Waals surface area contributed by atoms with E-state index in [2.05, 4.69) is 49.6 Å². The zero-order valence-corrected chi connectivity index (χ0v) is 20.8. The van der Waals surface area contributed by atoms with Gasteiger partial charge in [0.25, 0.3) is 0 Å². The van der Waals surface area contributed by atoms with Gasteiger partial charge in [0.2, 0.25) is 11.9 Å². The maximum Gasteiger partial charge on any atom is 0.229 e. The Kier molecular flexibility index (Phi) is 7.67. The minimum absolute atomic E-state index is 0.127. The molecule has 2 aromatic carbocycles. The number of halogens is 2. The first kappa shape index (κ1) is 24.7. The smallest absolute Gasteiger partial charge is 0.229 e. The summed E-state index contributed by atoms with van der Waals surface area (Å²) in [6.07, 6.45) is 1.15. The summed E-state index contributed by atoms with van der Waals surface area (Å²) in [5.74, 6) is -0.360.